The summed E-state index contributed by atoms with van der Waals surface area (Å²) < 4.78 is 6.08. The fraction of sp³-hybridized carbons (Fsp3) is 0.692. The van der Waals surface area contributed by atoms with Crippen molar-refractivity contribution < 1.29 is 34.8 Å². The summed E-state index contributed by atoms with van der Waals surface area (Å²) in [7, 11) is 0. The summed E-state index contributed by atoms with van der Waals surface area (Å²) in [5.74, 6) is -0.948. The monoisotopic (exact) mass is 634 g/mol. The number of benzene rings is 1. The summed E-state index contributed by atoms with van der Waals surface area (Å²) in [4.78, 5) is 26.0. The van der Waals surface area contributed by atoms with E-state index < -0.39 is 28.9 Å². The molecule has 9 atom stereocenters. The van der Waals surface area contributed by atoms with Crippen LogP contribution in [0.1, 0.15) is 111 Å². The Labute approximate surface area is 274 Å². The zero-order valence-corrected chi connectivity index (χ0v) is 28.6. The quantitative estimate of drug-likeness (QED) is 0.112. The fourth-order valence-corrected chi connectivity index (χ4v) is 11.8. The van der Waals surface area contributed by atoms with Crippen molar-refractivity contribution >= 4 is 18.0 Å². The number of aromatic hydroxyl groups is 2. The molecule has 5 aliphatic rings. The summed E-state index contributed by atoms with van der Waals surface area (Å²) in [6.45, 7) is 14.0. The first-order valence-corrected chi connectivity index (χ1v) is 17.4. The Balaban J connectivity index is 1.27. The molecule has 0 aliphatic heterocycles. The van der Waals surface area contributed by atoms with Crippen LogP contribution in [0.2, 0.25) is 0 Å². The largest absolute Gasteiger partial charge is 0.504 e. The first kappa shape index (κ1) is 33.1. The van der Waals surface area contributed by atoms with Gasteiger partial charge in [-0.1, -0.05) is 59.3 Å². The van der Waals surface area contributed by atoms with Crippen LogP contribution in [-0.2, 0) is 14.3 Å². The summed E-state index contributed by atoms with van der Waals surface area (Å²) in [5, 5.41) is 41.0. The molecular weight excluding hydrogens is 580 g/mol. The van der Waals surface area contributed by atoms with Crippen LogP contribution in [0, 0.1) is 50.2 Å². The second kappa shape index (κ2) is 10.9. The van der Waals surface area contributed by atoms with Crippen molar-refractivity contribution in [2.24, 2.45) is 50.2 Å². The smallest absolute Gasteiger partial charge is 0.331 e. The van der Waals surface area contributed by atoms with Crippen LogP contribution in [0.3, 0.4) is 0 Å². The predicted molar refractivity (Wildman–Crippen MR) is 177 cm³/mol. The summed E-state index contributed by atoms with van der Waals surface area (Å²) in [6, 6.07) is 4.36. The van der Waals surface area contributed by atoms with Crippen LogP contribution in [0.5, 0.6) is 11.5 Å². The molecule has 1 aromatic rings. The highest BCUT2D eigenvalue weighted by atomic mass is 16.5. The molecule has 7 heteroatoms. The number of carboxylic acids is 1. The number of allylic oxidation sites excluding steroid dienone is 2. The van der Waals surface area contributed by atoms with Crippen molar-refractivity contribution in [2.75, 3.05) is 6.61 Å². The number of fused-ring (bicyclic) bond motifs is 7. The van der Waals surface area contributed by atoms with E-state index in [0.717, 1.165) is 57.8 Å². The molecule has 0 radical (unpaired) electrons. The Hall–Kier alpha value is -2.80. The predicted octanol–water partition coefficient (Wildman–Crippen LogP) is 7.88. The first-order chi connectivity index (χ1) is 21.5. The molecule has 0 spiro atoms. The van der Waals surface area contributed by atoms with Crippen molar-refractivity contribution in [2.45, 2.75) is 112 Å². The Morgan fingerprint density at radius 1 is 0.913 bits per heavy atom. The lowest BCUT2D eigenvalue weighted by molar-refractivity contribution is -0.223. The molecule has 252 valence electrons. The molecular formula is C39H54O7. The van der Waals surface area contributed by atoms with E-state index >= 15 is 0 Å². The van der Waals surface area contributed by atoms with Gasteiger partial charge in [0.25, 0.3) is 0 Å². The molecule has 4 N–H and O–H groups in total. The molecule has 4 saturated carbocycles. The van der Waals surface area contributed by atoms with Gasteiger partial charge in [-0.3, -0.25) is 4.79 Å². The van der Waals surface area contributed by atoms with Crippen molar-refractivity contribution in [3.63, 3.8) is 0 Å². The van der Waals surface area contributed by atoms with Crippen LogP contribution in [0.15, 0.2) is 35.9 Å². The zero-order valence-electron chi connectivity index (χ0n) is 28.6. The number of ether oxygens (including phenoxy) is 1. The number of carbonyl (C=O) groups is 2. The minimum Gasteiger partial charge on any atom is -0.504 e. The van der Waals surface area contributed by atoms with Gasteiger partial charge in [-0.25, -0.2) is 4.79 Å². The summed E-state index contributed by atoms with van der Waals surface area (Å²) in [6.07, 6.45) is 13.7. The molecule has 6 rings (SSSR count). The standard InChI is InChI=1S/C39H54O7/c1-34(2)17-19-39(33(44)45)20-18-37(5)25(26(39)22-34)9-11-30-35(3)15-14-31(36(4,23-40)29(35)13-16-38(30,37)6)46-32(43)12-8-24-7-10-27(41)28(42)21-24/h7-10,12,21,26,29-31,40-42H,11,13-20,22-23H2,1-6H3,(H,44,45)/b12-8+/t26-,29+,30+,31-,35-,36-,37+,38+,39-/m0/s1. The number of carbonyl (C=O) groups excluding carboxylic acids is 1. The SMILES string of the molecule is CC1(C)CC[C@]2(C(=O)O)CC[C@]3(C)C(=CC[C@@H]4[C@@]5(C)CC[C@H](OC(=O)/C=C/c6ccc(O)c(O)c6)[C@@](C)(CO)[C@@H]5CC[C@]43C)[C@@H]2C1. The lowest BCUT2D eigenvalue weighted by atomic mass is 9.33. The van der Waals surface area contributed by atoms with Gasteiger partial charge in [-0.15, -0.1) is 0 Å². The number of aliphatic hydroxyl groups is 1. The molecule has 5 aliphatic carbocycles. The number of phenols is 2. The van der Waals surface area contributed by atoms with Crippen LogP contribution < -0.4 is 0 Å². The number of hydrogen-bond donors (Lipinski definition) is 4. The van der Waals surface area contributed by atoms with Gasteiger partial charge in [0.2, 0.25) is 0 Å². The molecule has 0 unspecified atom stereocenters. The normalized spacial score (nSPS) is 43.0. The van der Waals surface area contributed by atoms with Gasteiger partial charge >= 0.3 is 11.9 Å². The molecule has 0 aromatic heterocycles. The number of carboxylic acid groups (broad SMARTS) is 1. The average molecular weight is 635 g/mol. The summed E-state index contributed by atoms with van der Waals surface area (Å²) in [5.41, 5.74) is 0.724. The van der Waals surface area contributed by atoms with Crippen LogP contribution in [0.25, 0.3) is 6.08 Å². The van der Waals surface area contributed by atoms with Gasteiger partial charge in [0.1, 0.15) is 6.10 Å². The maximum Gasteiger partial charge on any atom is 0.331 e. The van der Waals surface area contributed by atoms with Gasteiger partial charge in [-0.05, 0) is 127 Å². The minimum absolute atomic E-state index is 0.00683. The third-order valence-electron chi connectivity index (χ3n) is 14.8. The van der Waals surface area contributed by atoms with Crippen LogP contribution in [0.4, 0.5) is 0 Å². The average Bonchev–Trinajstić information content (AvgIpc) is 2.99. The number of esters is 1. The second-order valence-electron chi connectivity index (χ2n) is 17.4. The van der Waals surface area contributed by atoms with E-state index in [1.807, 2.05) is 0 Å². The van der Waals surface area contributed by atoms with Gasteiger partial charge in [0.05, 0.1) is 12.0 Å². The van der Waals surface area contributed by atoms with Gasteiger partial charge < -0.3 is 25.2 Å². The molecule has 0 bridgehead atoms. The van der Waals surface area contributed by atoms with E-state index in [-0.39, 0.29) is 51.6 Å². The number of rotatable bonds is 5. The van der Waals surface area contributed by atoms with Crippen molar-refractivity contribution in [3.05, 3.63) is 41.5 Å². The molecule has 0 saturated heterocycles. The second-order valence-corrected chi connectivity index (χ2v) is 17.4. The minimum atomic E-state index is -0.653. The number of aliphatic hydroxyl groups excluding tert-OH is 1. The Morgan fingerprint density at radius 3 is 2.30 bits per heavy atom. The molecule has 4 fully saturated rings. The van der Waals surface area contributed by atoms with Gasteiger partial charge in [-0.2, -0.15) is 0 Å². The maximum atomic E-state index is 13.0. The van der Waals surface area contributed by atoms with Crippen molar-refractivity contribution in [1.82, 2.24) is 0 Å². The topological polar surface area (TPSA) is 124 Å². The molecule has 0 amide bonds. The van der Waals surface area contributed by atoms with E-state index in [9.17, 15) is 30.0 Å². The van der Waals surface area contributed by atoms with Gasteiger partial charge in [0, 0.05) is 11.5 Å². The Bertz CT molecular complexity index is 1480. The Kier molecular flexibility index (Phi) is 7.82. The van der Waals surface area contributed by atoms with Crippen LogP contribution >= 0.6 is 0 Å². The van der Waals surface area contributed by atoms with Crippen molar-refractivity contribution in [3.8, 4) is 11.5 Å². The van der Waals surface area contributed by atoms with E-state index in [4.69, 9.17) is 4.74 Å². The number of phenolic OH excluding ortho intramolecular Hbond substituents is 2. The lowest BCUT2D eigenvalue weighted by Crippen LogP contribution is -2.66. The van der Waals surface area contributed by atoms with Crippen molar-refractivity contribution in [1.29, 1.82) is 0 Å². The Morgan fingerprint density at radius 2 is 1.63 bits per heavy atom. The lowest BCUT2D eigenvalue weighted by Gasteiger charge is -2.71. The fourth-order valence-electron chi connectivity index (χ4n) is 11.8. The van der Waals surface area contributed by atoms with E-state index in [1.165, 1.54) is 23.8 Å². The molecule has 0 heterocycles. The highest BCUT2D eigenvalue weighted by Gasteiger charge is 2.70. The van der Waals surface area contributed by atoms with E-state index in [2.05, 4.69) is 47.6 Å². The third kappa shape index (κ3) is 4.69. The number of aliphatic carboxylic acids is 1. The highest BCUT2D eigenvalue weighted by Crippen LogP contribution is 2.75. The van der Waals surface area contributed by atoms with E-state index in [0.29, 0.717) is 17.9 Å². The highest BCUT2D eigenvalue weighted by molar-refractivity contribution is 5.87. The number of hydrogen-bond acceptors (Lipinski definition) is 6. The molecule has 7 nitrogen and oxygen atoms in total. The summed E-state index contributed by atoms with van der Waals surface area (Å²) >= 11 is 0. The van der Waals surface area contributed by atoms with Crippen LogP contribution in [-0.4, -0.2) is 45.1 Å². The molecule has 1 aromatic carbocycles. The third-order valence-corrected chi connectivity index (χ3v) is 14.8. The van der Waals surface area contributed by atoms with E-state index in [1.54, 1.807) is 12.1 Å². The first-order valence-electron chi connectivity index (χ1n) is 17.4. The molecule has 46 heavy (non-hydrogen) atoms. The zero-order chi connectivity index (χ0) is 33.5. The maximum absolute atomic E-state index is 13.0. The van der Waals surface area contributed by atoms with Gasteiger partial charge in [0.15, 0.2) is 11.5 Å².